The zero-order valence-electron chi connectivity index (χ0n) is 20.5. The van der Waals surface area contributed by atoms with Gasteiger partial charge >= 0.3 is 0 Å². The molecule has 0 spiro atoms. The van der Waals surface area contributed by atoms with Gasteiger partial charge in [0.2, 0.25) is 0 Å². The molecule has 2 aliphatic heterocycles. The highest BCUT2D eigenvalue weighted by atomic mass is 16.8. The van der Waals surface area contributed by atoms with Gasteiger partial charge in [0.1, 0.15) is 35.9 Å². The van der Waals surface area contributed by atoms with Crippen LogP contribution in [-0.2, 0) is 41.6 Å². The van der Waals surface area contributed by atoms with Gasteiger partial charge in [0, 0.05) is 0 Å². The average Bonchev–Trinajstić information content (AvgIpc) is 2.90. The Morgan fingerprint density at radius 3 is 1.94 bits per heavy atom. The molecular formula is C27H34O8. The van der Waals surface area contributed by atoms with Gasteiger partial charge < -0.3 is 37.9 Å². The average molecular weight is 487 g/mol. The molecule has 35 heavy (non-hydrogen) atoms. The van der Waals surface area contributed by atoms with Gasteiger partial charge in [0.05, 0.1) is 40.6 Å². The molecule has 0 radical (unpaired) electrons. The van der Waals surface area contributed by atoms with E-state index in [-0.39, 0.29) is 18.5 Å². The van der Waals surface area contributed by atoms with E-state index in [2.05, 4.69) is 6.58 Å². The minimum absolute atomic E-state index is 0.313. The van der Waals surface area contributed by atoms with Crippen molar-refractivity contribution < 1.29 is 37.9 Å². The molecule has 2 fully saturated rings. The summed E-state index contributed by atoms with van der Waals surface area (Å²) in [5.41, 5.74) is 2.00. The molecule has 0 aliphatic carbocycles. The van der Waals surface area contributed by atoms with E-state index in [0.717, 1.165) is 22.6 Å². The smallest absolute Gasteiger partial charge is 0.187 e. The van der Waals surface area contributed by atoms with Crippen molar-refractivity contribution in [2.45, 2.75) is 57.1 Å². The van der Waals surface area contributed by atoms with Crippen molar-refractivity contribution in [1.29, 1.82) is 0 Å². The van der Waals surface area contributed by atoms with E-state index in [4.69, 9.17) is 37.9 Å². The molecule has 4 rings (SSSR count). The van der Waals surface area contributed by atoms with Gasteiger partial charge in [-0.25, -0.2) is 0 Å². The molecule has 2 heterocycles. The maximum Gasteiger partial charge on any atom is 0.187 e. The normalized spacial score (nSPS) is 28.2. The van der Waals surface area contributed by atoms with Gasteiger partial charge in [-0.2, -0.15) is 0 Å². The third-order valence-electron chi connectivity index (χ3n) is 6.02. The van der Waals surface area contributed by atoms with Crippen molar-refractivity contribution in [3.8, 4) is 11.5 Å². The predicted octanol–water partition coefficient (Wildman–Crippen LogP) is 3.86. The second kappa shape index (κ2) is 12.5. The lowest BCUT2D eigenvalue weighted by molar-refractivity contribution is -0.366. The van der Waals surface area contributed by atoms with E-state index in [1.807, 2.05) is 55.5 Å². The first kappa shape index (κ1) is 25.6. The summed E-state index contributed by atoms with van der Waals surface area (Å²) in [7, 11) is 3.29. The van der Waals surface area contributed by atoms with Crippen molar-refractivity contribution >= 4 is 0 Å². The van der Waals surface area contributed by atoms with Crippen LogP contribution in [0.3, 0.4) is 0 Å². The highest BCUT2D eigenvalue weighted by Gasteiger charge is 2.51. The van der Waals surface area contributed by atoms with Crippen LogP contribution in [0.15, 0.2) is 61.2 Å². The van der Waals surface area contributed by atoms with Crippen molar-refractivity contribution in [3.05, 3.63) is 72.3 Å². The molecule has 8 nitrogen and oxygen atoms in total. The highest BCUT2D eigenvalue weighted by Crippen LogP contribution is 2.33. The number of benzene rings is 2. The third-order valence-corrected chi connectivity index (χ3v) is 6.02. The summed E-state index contributed by atoms with van der Waals surface area (Å²) in [6, 6.07) is 15.5. The molecule has 8 heteroatoms. The molecule has 1 unspecified atom stereocenters. The SMILES string of the molecule is C=CCO[C@@H]1O[C@@H]2COC(C)O[C@H]2[C@H](OCc2ccc(OC)cc2)[C@H]1OCc1ccc(OC)cc1. The number of methoxy groups -OCH3 is 2. The van der Waals surface area contributed by atoms with Crippen LogP contribution < -0.4 is 9.47 Å². The Morgan fingerprint density at radius 1 is 0.829 bits per heavy atom. The number of fused-ring (bicyclic) bond motifs is 1. The van der Waals surface area contributed by atoms with E-state index in [9.17, 15) is 0 Å². The summed E-state index contributed by atoms with van der Waals surface area (Å²) in [6.45, 7) is 7.03. The molecule has 2 aromatic rings. The largest absolute Gasteiger partial charge is 0.497 e. The van der Waals surface area contributed by atoms with Crippen molar-refractivity contribution in [2.24, 2.45) is 0 Å². The maximum atomic E-state index is 6.46. The number of hydrogen-bond donors (Lipinski definition) is 0. The van der Waals surface area contributed by atoms with E-state index >= 15 is 0 Å². The second-order valence-electron chi connectivity index (χ2n) is 8.41. The predicted molar refractivity (Wildman–Crippen MR) is 128 cm³/mol. The minimum Gasteiger partial charge on any atom is -0.497 e. The van der Waals surface area contributed by atoms with Crippen molar-refractivity contribution in [2.75, 3.05) is 27.4 Å². The van der Waals surface area contributed by atoms with Gasteiger partial charge in [-0.1, -0.05) is 30.3 Å². The summed E-state index contributed by atoms with van der Waals surface area (Å²) >= 11 is 0. The molecule has 0 aromatic heterocycles. The Hall–Kier alpha value is -2.46. The van der Waals surface area contributed by atoms with Crippen molar-refractivity contribution in [1.82, 2.24) is 0 Å². The molecular weight excluding hydrogens is 452 g/mol. The molecule has 2 aromatic carbocycles. The lowest BCUT2D eigenvalue weighted by atomic mass is 9.97. The van der Waals surface area contributed by atoms with Gasteiger partial charge in [-0.15, -0.1) is 6.58 Å². The maximum absolute atomic E-state index is 6.46. The Bertz CT molecular complexity index is 916. The standard InChI is InChI=1S/C27H34O8/c1-5-14-30-27-26(33-16-20-8-12-22(29-4)13-9-20)25(24-23(35-27)17-31-18(2)34-24)32-15-19-6-10-21(28-3)11-7-19/h5-13,18,23-27H,1,14-17H2,2-4H3/t18?,23-,24-,25+,26-,27-/m1/s1. The van der Waals surface area contributed by atoms with Crippen LogP contribution in [0.1, 0.15) is 18.1 Å². The van der Waals surface area contributed by atoms with Crippen LogP contribution in [0.25, 0.3) is 0 Å². The topological polar surface area (TPSA) is 73.8 Å². The van der Waals surface area contributed by atoms with Crippen LogP contribution >= 0.6 is 0 Å². The molecule has 0 amide bonds. The quantitative estimate of drug-likeness (QED) is 0.444. The minimum atomic E-state index is -0.672. The van der Waals surface area contributed by atoms with E-state index in [0.29, 0.717) is 26.4 Å². The molecule has 0 saturated carbocycles. The van der Waals surface area contributed by atoms with E-state index < -0.39 is 18.5 Å². The summed E-state index contributed by atoms with van der Waals surface area (Å²) < 4.78 is 47.4. The lowest BCUT2D eigenvalue weighted by Gasteiger charge is -2.48. The summed E-state index contributed by atoms with van der Waals surface area (Å²) in [4.78, 5) is 0. The van der Waals surface area contributed by atoms with Crippen LogP contribution in [0.4, 0.5) is 0 Å². The molecule has 6 atom stereocenters. The summed E-state index contributed by atoms with van der Waals surface area (Å²) in [5, 5.41) is 0. The van der Waals surface area contributed by atoms with Crippen LogP contribution in [0, 0.1) is 0 Å². The van der Waals surface area contributed by atoms with Gasteiger partial charge in [-0.05, 0) is 42.3 Å². The zero-order chi connectivity index (χ0) is 24.6. The molecule has 190 valence electrons. The number of hydrogen-bond acceptors (Lipinski definition) is 8. The first-order chi connectivity index (χ1) is 17.1. The Labute approximate surface area is 206 Å². The van der Waals surface area contributed by atoms with Crippen LogP contribution in [-0.4, -0.2) is 64.4 Å². The summed E-state index contributed by atoms with van der Waals surface area (Å²) in [5.74, 6) is 1.58. The van der Waals surface area contributed by atoms with Crippen molar-refractivity contribution in [3.63, 3.8) is 0 Å². The fraction of sp³-hybridized carbons (Fsp3) is 0.481. The fourth-order valence-corrected chi connectivity index (χ4v) is 4.16. The first-order valence-electron chi connectivity index (χ1n) is 11.8. The number of rotatable bonds is 11. The van der Waals surface area contributed by atoms with Crippen LogP contribution in [0.2, 0.25) is 0 Å². The Kier molecular flexibility index (Phi) is 9.14. The second-order valence-corrected chi connectivity index (χ2v) is 8.41. The fourth-order valence-electron chi connectivity index (χ4n) is 4.16. The molecule has 0 bridgehead atoms. The number of ether oxygens (including phenoxy) is 8. The molecule has 0 N–H and O–H groups in total. The van der Waals surface area contributed by atoms with E-state index in [1.54, 1.807) is 20.3 Å². The first-order valence-corrected chi connectivity index (χ1v) is 11.8. The lowest BCUT2D eigenvalue weighted by Crippen LogP contribution is -2.64. The van der Waals surface area contributed by atoms with Gasteiger partial charge in [-0.3, -0.25) is 0 Å². The Morgan fingerprint density at radius 2 is 1.40 bits per heavy atom. The van der Waals surface area contributed by atoms with Crippen LogP contribution in [0.5, 0.6) is 11.5 Å². The zero-order valence-corrected chi connectivity index (χ0v) is 20.5. The highest BCUT2D eigenvalue weighted by molar-refractivity contribution is 5.27. The monoisotopic (exact) mass is 486 g/mol. The summed E-state index contributed by atoms with van der Waals surface area (Å²) in [6.07, 6.45) is -1.07. The van der Waals surface area contributed by atoms with Gasteiger partial charge in [0.15, 0.2) is 12.6 Å². The van der Waals surface area contributed by atoms with E-state index in [1.165, 1.54) is 0 Å². The Balaban J connectivity index is 1.54. The third kappa shape index (κ3) is 6.61. The molecule has 2 aliphatic rings. The molecule has 2 saturated heterocycles. The van der Waals surface area contributed by atoms with Gasteiger partial charge in [0.25, 0.3) is 0 Å².